The summed E-state index contributed by atoms with van der Waals surface area (Å²) in [6.45, 7) is 0.280. The van der Waals surface area contributed by atoms with Gasteiger partial charge in [-0.2, -0.15) is 0 Å². The molecule has 2 aliphatic heterocycles. The number of nitrogens with zero attached hydrogens (tertiary/aromatic N) is 3. The molecule has 0 saturated carbocycles. The zero-order valence-electron chi connectivity index (χ0n) is 18.2. The highest BCUT2D eigenvalue weighted by atomic mass is 16.2. The zero-order chi connectivity index (χ0) is 23.8. The van der Waals surface area contributed by atoms with E-state index in [0.29, 0.717) is 24.0 Å². The van der Waals surface area contributed by atoms with Gasteiger partial charge in [0, 0.05) is 43.0 Å². The third kappa shape index (κ3) is 3.81. The first kappa shape index (κ1) is 21.4. The third-order valence-corrected chi connectivity index (χ3v) is 6.21. The second-order valence-electron chi connectivity index (χ2n) is 8.32. The number of carbonyl (C=O) groups is 4. The molecule has 4 heterocycles. The van der Waals surface area contributed by atoms with Crippen molar-refractivity contribution in [3.05, 3.63) is 82.9 Å². The molecule has 34 heavy (non-hydrogen) atoms. The number of benzene rings is 1. The van der Waals surface area contributed by atoms with Crippen molar-refractivity contribution >= 4 is 23.6 Å². The summed E-state index contributed by atoms with van der Waals surface area (Å²) in [4.78, 5) is 58.8. The first-order valence-corrected chi connectivity index (χ1v) is 10.9. The van der Waals surface area contributed by atoms with Crippen LogP contribution in [0.25, 0.3) is 11.1 Å². The summed E-state index contributed by atoms with van der Waals surface area (Å²) in [6, 6.07) is 12.1. The molecule has 170 valence electrons. The Labute approximate surface area is 195 Å². The predicted molar refractivity (Wildman–Crippen MR) is 121 cm³/mol. The number of hydrogen-bond donors (Lipinski definition) is 2. The first-order valence-electron chi connectivity index (χ1n) is 10.9. The van der Waals surface area contributed by atoms with E-state index >= 15 is 0 Å². The van der Waals surface area contributed by atoms with E-state index in [-0.39, 0.29) is 30.5 Å². The normalized spacial score (nSPS) is 17.5. The van der Waals surface area contributed by atoms with Crippen LogP contribution in [0, 0.1) is 0 Å². The fourth-order valence-electron chi connectivity index (χ4n) is 4.60. The standard InChI is InChI=1S/C25H21N5O4/c26-23(32)22-15(3-2-9-28-22)12-16-11-14(8-10-27-16)17-4-1-5-18-19(17)13-30(25(18)34)20-6-7-21(31)29-24(20)33/h1-5,8-11,20H,6-7,12-13H2,(H2,26,32)(H,29,31,33). The maximum atomic E-state index is 13.1. The van der Waals surface area contributed by atoms with Crippen molar-refractivity contribution in [1.82, 2.24) is 20.2 Å². The summed E-state index contributed by atoms with van der Waals surface area (Å²) in [5.74, 6) is -1.57. The Kier molecular flexibility index (Phi) is 5.37. The van der Waals surface area contributed by atoms with E-state index in [4.69, 9.17) is 5.73 Å². The van der Waals surface area contributed by atoms with Crippen molar-refractivity contribution in [3.63, 3.8) is 0 Å². The van der Waals surface area contributed by atoms with E-state index < -0.39 is 17.9 Å². The monoisotopic (exact) mass is 455 g/mol. The number of nitrogens with one attached hydrogen (secondary N) is 1. The van der Waals surface area contributed by atoms with E-state index in [1.54, 1.807) is 24.4 Å². The Bertz CT molecular complexity index is 1350. The smallest absolute Gasteiger partial charge is 0.267 e. The maximum absolute atomic E-state index is 13.1. The minimum absolute atomic E-state index is 0.207. The number of carbonyl (C=O) groups excluding carboxylic acids is 4. The number of amides is 4. The van der Waals surface area contributed by atoms with E-state index in [2.05, 4.69) is 15.3 Å². The number of pyridine rings is 2. The highest BCUT2D eigenvalue weighted by Crippen LogP contribution is 2.35. The Morgan fingerprint density at radius 1 is 1.06 bits per heavy atom. The van der Waals surface area contributed by atoms with Gasteiger partial charge in [0.15, 0.2) is 0 Å². The number of nitrogens with two attached hydrogens (primary N) is 1. The van der Waals surface area contributed by atoms with Gasteiger partial charge >= 0.3 is 0 Å². The van der Waals surface area contributed by atoms with Crippen LogP contribution in [-0.4, -0.2) is 44.5 Å². The SMILES string of the molecule is NC(=O)c1ncccc1Cc1cc(-c2cccc3c2CN(C2CCC(=O)NC2=O)C3=O)ccn1. The molecule has 3 aromatic rings. The van der Waals surface area contributed by atoms with Crippen molar-refractivity contribution in [2.45, 2.75) is 31.8 Å². The molecule has 3 N–H and O–H groups in total. The lowest BCUT2D eigenvalue weighted by Crippen LogP contribution is -2.52. The van der Waals surface area contributed by atoms with Gasteiger partial charge in [0.25, 0.3) is 11.8 Å². The number of primary amides is 1. The number of rotatable bonds is 5. The lowest BCUT2D eigenvalue weighted by atomic mass is 9.96. The van der Waals surface area contributed by atoms with Crippen molar-refractivity contribution in [2.24, 2.45) is 5.73 Å². The average molecular weight is 455 g/mol. The van der Waals surface area contributed by atoms with Crippen LogP contribution in [-0.2, 0) is 22.6 Å². The van der Waals surface area contributed by atoms with Crippen LogP contribution >= 0.6 is 0 Å². The van der Waals surface area contributed by atoms with E-state index in [0.717, 1.165) is 22.4 Å². The summed E-state index contributed by atoms with van der Waals surface area (Å²) in [6.07, 6.45) is 4.09. The number of hydrogen-bond acceptors (Lipinski definition) is 6. The quantitative estimate of drug-likeness (QED) is 0.561. The Hall–Kier alpha value is -4.40. The molecular weight excluding hydrogens is 434 g/mol. The lowest BCUT2D eigenvalue weighted by molar-refractivity contribution is -0.136. The summed E-state index contributed by atoms with van der Waals surface area (Å²) >= 11 is 0. The second kappa shape index (κ2) is 8.51. The molecule has 0 aliphatic carbocycles. The molecule has 1 saturated heterocycles. The van der Waals surface area contributed by atoms with Gasteiger partial charge in [-0.3, -0.25) is 34.5 Å². The van der Waals surface area contributed by atoms with E-state index in [1.807, 2.05) is 24.3 Å². The summed E-state index contributed by atoms with van der Waals surface area (Å²) < 4.78 is 0. The number of aromatic nitrogens is 2. The van der Waals surface area contributed by atoms with Gasteiger partial charge in [-0.1, -0.05) is 18.2 Å². The van der Waals surface area contributed by atoms with Gasteiger partial charge in [0.1, 0.15) is 11.7 Å². The highest BCUT2D eigenvalue weighted by molar-refractivity contribution is 6.06. The number of piperidine rings is 1. The summed E-state index contributed by atoms with van der Waals surface area (Å²) in [5.41, 5.74) is 10.2. The molecule has 1 fully saturated rings. The van der Waals surface area contributed by atoms with Crippen molar-refractivity contribution < 1.29 is 19.2 Å². The minimum atomic E-state index is -0.670. The topological polar surface area (TPSA) is 135 Å². The van der Waals surface area contributed by atoms with E-state index in [1.165, 1.54) is 11.1 Å². The Morgan fingerprint density at radius 3 is 2.68 bits per heavy atom. The molecule has 0 radical (unpaired) electrons. The van der Waals surface area contributed by atoms with Crippen LogP contribution in [0.2, 0.25) is 0 Å². The zero-order valence-corrected chi connectivity index (χ0v) is 18.2. The first-order chi connectivity index (χ1) is 16.4. The van der Waals surface area contributed by atoms with Gasteiger partial charge in [-0.25, -0.2) is 0 Å². The van der Waals surface area contributed by atoms with E-state index in [9.17, 15) is 19.2 Å². The molecule has 1 atom stereocenters. The van der Waals surface area contributed by atoms with Gasteiger partial charge in [-0.15, -0.1) is 0 Å². The molecule has 5 rings (SSSR count). The van der Waals surface area contributed by atoms with Gasteiger partial charge in [-0.05, 0) is 52.9 Å². The van der Waals surface area contributed by atoms with Crippen molar-refractivity contribution in [1.29, 1.82) is 0 Å². The molecule has 1 unspecified atom stereocenters. The molecule has 1 aromatic carbocycles. The molecule has 4 amide bonds. The molecular formula is C25H21N5O4. The minimum Gasteiger partial charge on any atom is -0.364 e. The molecule has 9 nitrogen and oxygen atoms in total. The average Bonchev–Trinajstić information content (AvgIpc) is 3.16. The molecule has 0 bridgehead atoms. The van der Waals surface area contributed by atoms with Crippen LogP contribution < -0.4 is 11.1 Å². The fourth-order valence-corrected chi connectivity index (χ4v) is 4.60. The number of imide groups is 1. The number of fused-ring (bicyclic) bond motifs is 1. The van der Waals surface area contributed by atoms with Crippen LogP contribution in [0.5, 0.6) is 0 Å². The largest absolute Gasteiger partial charge is 0.364 e. The highest BCUT2D eigenvalue weighted by Gasteiger charge is 2.39. The maximum Gasteiger partial charge on any atom is 0.267 e. The fraction of sp³-hybridized carbons (Fsp3) is 0.200. The molecule has 2 aromatic heterocycles. The lowest BCUT2D eigenvalue weighted by Gasteiger charge is -2.29. The van der Waals surface area contributed by atoms with Crippen molar-refractivity contribution in [3.8, 4) is 11.1 Å². The molecule has 0 spiro atoms. The molecule has 9 heteroatoms. The van der Waals surface area contributed by atoms with Crippen LogP contribution in [0.15, 0.2) is 54.9 Å². The Morgan fingerprint density at radius 2 is 1.88 bits per heavy atom. The van der Waals surface area contributed by atoms with Gasteiger partial charge in [0.2, 0.25) is 11.8 Å². The summed E-state index contributed by atoms with van der Waals surface area (Å²) in [5, 5.41) is 2.32. The Balaban J connectivity index is 1.46. The predicted octanol–water partition coefficient (Wildman–Crippen LogP) is 1.59. The molecule has 2 aliphatic rings. The van der Waals surface area contributed by atoms with Crippen molar-refractivity contribution in [2.75, 3.05) is 0 Å². The van der Waals surface area contributed by atoms with Crippen LogP contribution in [0.1, 0.15) is 50.5 Å². The van der Waals surface area contributed by atoms with Gasteiger partial charge in [0.05, 0.1) is 0 Å². The van der Waals surface area contributed by atoms with Crippen LogP contribution in [0.3, 0.4) is 0 Å². The van der Waals surface area contributed by atoms with Gasteiger partial charge < -0.3 is 10.6 Å². The summed E-state index contributed by atoms with van der Waals surface area (Å²) in [7, 11) is 0. The second-order valence-corrected chi connectivity index (χ2v) is 8.32. The van der Waals surface area contributed by atoms with Crippen LogP contribution in [0.4, 0.5) is 0 Å². The third-order valence-electron chi connectivity index (χ3n) is 6.21.